The predicted molar refractivity (Wildman–Crippen MR) is 6.05 cm³/mol. The summed E-state index contributed by atoms with van der Waals surface area (Å²) in [6.07, 6.45) is 0. The van der Waals surface area contributed by atoms with E-state index in [1.54, 1.807) is 0 Å². The monoisotopic (exact) mass is 307 g/mol. The van der Waals surface area contributed by atoms with E-state index in [9.17, 15) is 13.2 Å². The Labute approximate surface area is 44.5 Å². The molecule has 0 atom stereocenters. The molecule has 0 radical (unpaired) electrons. The molecule has 0 aliphatic heterocycles. The Morgan fingerprint density at radius 3 is 1.20 bits per heavy atom. The Morgan fingerprint density at radius 1 is 1.20 bits per heavy atom. The summed E-state index contributed by atoms with van der Waals surface area (Å²) in [6.45, 7) is 0. The molecule has 0 aromatic carbocycles. The van der Waals surface area contributed by atoms with Gasteiger partial charge in [0, 0.05) is 0 Å². The molecule has 4 heteroatoms. The van der Waals surface area contributed by atoms with Crippen LogP contribution in [0.3, 0.4) is 0 Å². The van der Waals surface area contributed by atoms with Crippen molar-refractivity contribution in [2.45, 2.75) is 3.48 Å². The minimum absolute atomic E-state index is 0.620. The molecule has 0 rings (SSSR count). The van der Waals surface area contributed by atoms with Crippen molar-refractivity contribution < 1.29 is 40.7 Å². The van der Waals surface area contributed by atoms with Crippen molar-refractivity contribution in [3.8, 4) is 0 Å². The van der Waals surface area contributed by atoms with E-state index in [1.165, 1.54) is 0 Å². The molecular weight excluding hydrogens is 313 g/mol. The number of rotatable bonds is 0. The molecular formula is CF3Pu. The Kier molecular flexibility index (Phi) is 1.71. The van der Waals surface area contributed by atoms with Crippen molar-refractivity contribution in [3.63, 3.8) is 0 Å². The van der Waals surface area contributed by atoms with Crippen LogP contribution in [0.25, 0.3) is 0 Å². The summed E-state index contributed by atoms with van der Waals surface area (Å²) in [7, 11) is 0. The second-order valence-corrected chi connectivity index (χ2v) is 2.37. The van der Waals surface area contributed by atoms with E-state index in [2.05, 4.69) is 0 Å². The second-order valence-electron chi connectivity index (χ2n) is 0.446. The van der Waals surface area contributed by atoms with Gasteiger partial charge < -0.3 is 0 Å². The summed E-state index contributed by atoms with van der Waals surface area (Å²) in [5, 5.41) is 0. The Balaban J connectivity index is 3.02. The molecule has 0 amide bonds. The average Bonchev–Trinajstić information content (AvgIpc) is 0.722. The Morgan fingerprint density at radius 2 is 1.20 bits per heavy atom. The first-order valence-corrected chi connectivity index (χ1v) is 2.47. The molecule has 0 N–H and O–H groups in total. The number of alkyl halides is 3. The molecule has 0 aliphatic carbocycles. The molecule has 0 aromatic heterocycles. The van der Waals surface area contributed by atoms with Gasteiger partial charge in [0.1, 0.15) is 0 Å². The van der Waals surface area contributed by atoms with Crippen LogP contribution >= 0.6 is 0 Å². The van der Waals surface area contributed by atoms with Gasteiger partial charge in [-0.05, 0) is 0 Å². The van der Waals surface area contributed by atoms with Gasteiger partial charge in [0.25, 0.3) is 0 Å². The summed E-state index contributed by atoms with van der Waals surface area (Å²) in [6, 6.07) is 0. The van der Waals surface area contributed by atoms with E-state index in [-0.39, 0.29) is 0 Å². The van der Waals surface area contributed by atoms with Crippen LogP contribution in [0.2, 0.25) is 0 Å². The molecule has 0 aromatic rings. The molecule has 0 saturated carbocycles. The van der Waals surface area contributed by atoms with Gasteiger partial charge in [-0.2, -0.15) is 0 Å². The van der Waals surface area contributed by atoms with Crippen LogP contribution < -0.4 is 0 Å². The second kappa shape index (κ2) is 1.48. The van der Waals surface area contributed by atoms with Crippen molar-refractivity contribution in [2.24, 2.45) is 0 Å². The van der Waals surface area contributed by atoms with Crippen molar-refractivity contribution in [2.75, 3.05) is 0 Å². The fourth-order valence-corrected chi connectivity index (χ4v) is 0. The van der Waals surface area contributed by atoms with Crippen molar-refractivity contribution in [1.82, 2.24) is 0 Å². The zero-order valence-corrected chi connectivity index (χ0v) is 5.44. The molecule has 0 unspecified atom stereocenters. The molecule has 0 spiro atoms. The third-order valence-electron chi connectivity index (χ3n) is 0. The number of hydrogen-bond acceptors (Lipinski definition) is 0. The van der Waals surface area contributed by atoms with Gasteiger partial charge in [0.15, 0.2) is 0 Å². The van der Waals surface area contributed by atoms with Crippen LogP contribution in [0.1, 0.15) is 0 Å². The normalized spacial score (nSPS) is 12.2. The van der Waals surface area contributed by atoms with E-state index in [4.69, 9.17) is 0 Å². The molecule has 0 aliphatic rings. The Hall–Kier alpha value is 0.777. The summed E-state index contributed by atoms with van der Waals surface area (Å²) < 4.78 is 27.4. The summed E-state index contributed by atoms with van der Waals surface area (Å²) in [5.41, 5.74) is 0. The molecule has 0 nitrogen and oxygen atoms in total. The molecule has 5 heavy (non-hydrogen) atoms. The van der Waals surface area contributed by atoms with E-state index in [0.29, 0.717) is 0 Å². The number of hydrogen-bond donors (Lipinski definition) is 0. The van der Waals surface area contributed by atoms with Gasteiger partial charge in [-0.15, -0.1) is 0 Å². The van der Waals surface area contributed by atoms with Crippen molar-refractivity contribution in [1.29, 1.82) is 0 Å². The van der Waals surface area contributed by atoms with Crippen molar-refractivity contribution in [3.05, 3.63) is 0 Å². The SMILES string of the molecule is F[C](F)(F)[Pu]. The third-order valence-corrected chi connectivity index (χ3v) is 0. The van der Waals surface area contributed by atoms with Gasteiger partial charge in [0.2, 0.25) is 0 Å². The van der Waals surface area contributed by atoms with E-state index < -0.39 is 31.0 Å². The molecule has 31 valence electrons. The summed E-state index contributed by atoms with van der Waals surface area (Å²) >= 11 is -0.620. The van der Waals surface area contributed by atoms with Gasteiger partial charge in [0.05, 0.1) is 0 Å². The quantitative estimate of drug-likeness (QED) is 0.627. The van der Waals surface area contributed by atoms with Crippen LogP contribution in [0, 0.1) is 27.6 Å². The standard InChI is InChI=1S/CF3.Pu/c2-1(3)4;. The van der Waals surface area contributed by atoms with Crippen LogP contribution in [-0.2, 0) is 0 Å². The first-order valence-electron chi connectivity index (χ1n) is 0.771. The molecule has 0 bridgehead atoms. The maximum atomic E-state index is 10.4. The van der Waals surface area contributed by atoms with Crippen LogP contribution in [0.5, 0.6) is 0 Å². The predicted octanol–water partition coefficient (Wildman–Crippen LogP) is 1.06. The van der Waals surface area contributed by atoms with Crippen LogP contribution in [0.4, 0.5) is 13.2 Å². The maximum absolute atomic E-state index is 10.4. The topological polar surface area (TPSA) is 0 Å². The summed E-state index contributed by atoms with van der Waals surface area (Å²) in [4.78, 5) is 0. The third kappa shape index (κ3) is 61.0. The average molecular weight is 313 g/mol. The van der Waals surface area contributed by atoms with E-state index >= 15 is 0 Å². The van der Waals surface area contributed by atoms with E-state index in [1.807, 2.05) is 0 Å². The first-order chi connectivity index (χ1) is 2.00. The van der Waals surface area contributed by atoms with Gasteiger partial charge in [-0.3, -0.25) is 0 Å². The fraction of sp³-hybridized carbons (Fsp3) is 1.00. The Bertz CT molecular complexity index is 22.4. The van der Waals surface area contributed by atoms with Crippen molar-refractivity contribution >= 4 is 0 Å². The number of halogens is 3. The fourth-order valence-electron chi connectivity index (χ4n) is 0. The van der Waals surface area contributed by atoms with Crippen LogP contribution in [-0.4, -0.2) is 3.48 Å². The van der Waals surface area contributed by atoms with Crippen LogP contribution in [0.15, 0.2) is 0 Å². The van der Waals surface area contributed by atoms with Gasteiger partial charge in [-0.1, -0.05) is 0 Å². The van der Waals surface area contributed by atoms with Gasteiger partial charge >= 0.3 is 44.2 Å². The van der Waals surface area contributed by atoms with Gasteiger partial charge in [-0.25, -0.2) is 0 Å². The van der Waals surface area contributed by atoms with E-state index in [0.717, 1.165) is 0 Å². The zero-order chi connectivity index (χ0) is 4.50. The zero-order valence-electron chi connectivity index (χ0n) is 2.04. The minimum atomic E-state index is -3.87. The molecule has 0 fully saturated rings. The molecule has 0 saturated heterocycles. The molecule has 0 heterocycles. The first kappa shape index (κ1) is 5.78. The summed E-state index contributed by atoms with van der Waals surface area (Å²) in [5.74, 6) is 0.